The van der Waals surface area contributed by atoms with E-state index in [9.17, 15) is 9.59 Å². The topological polar surface area (TPSA) is 76.7 Å². The number of ether oxygens (including phenoxy) is 2. The first-order chi connectivity index (χ1) is 14.4. The fourth-order valence-corrected chi connectivity index (χ4v) is 3.71. The maximum absolute atomic E-state index is 12.5. The highest BCUT2D eigenvalue weighted by Gasteiger charge is 2.19. The molecule has 1 aliphatic rings. The largest absolute Gasteiger partial charge is 0.496 e. The van der Waals surface area contributed by atoms with Crippen LogP contribution >= 0.6 is 11.8 Å². The highest BCUT2D eigenvalue weighted by Crippen LogP contribution is 2.26. The molecule has 1 heterocycles. The zero-order chi connectivity index (χ0) is 21.5. The van der Waals surface area contributed by atoms with E-state index >= 15 is 0 Å². The maximum atomic E-state index is 12.5. The predicted octanol–water partition coefficient (Wildman–Crippen LogP) is 4.34. The molecule has 0 atom stereocenters. The summed E-state index contributed by atoms with van der Waals surface area (Å²) in [6.07, 6.45) is 0.118. The molecule has 30 heavy (non-hydrogen) atoms. The van der Waals surface area contributed by atoms with Gasteiger partial charge in [-0.1, -0.05) is 18.2 Å². The number of rotatable bonds is 7. The lowest BCUT2D eigenvalue weighted by Gasteiger charge is -2.18. The molecule has 0 bridgehead atoms. The molecule has 0 fully saturated rings. The van der Waals surface area contributed by atoms with E-state index in [1.807, 2.05) is 38.1 Å². The number of hydrogen-bond donors (Lipinski definition) is 2. The molecule has 3 rings (SSSR count). The number of benzene rings is 2. The molecule has 6 nitrogen and oxygen atoms in total. The standard InChI is InChI=1S/C23H26N2O4S/c1-15(2)29-20-9-7-17(8-10-20)14-24-22(26)18-5-4-6-19(13-18)25-23(27)21-16(3)28-11-12-30-21/h4-10,13,15H,11-12,14H2,1-3H3,(H,24,26)(H,25,27). The van der Waals surface area contributed by atoms with Gasteiger partial charge < -0.3 is 20.1 Å². The van der Waals surface area contributed by atoms with Crippen molar-refractivity contribution in [3.8, 4) is 5.75 Å². The van der Waals surface area contributed by atoms with E-state index in [1.165, 1.54) is 11.8 Å². The van der Waals surface area contributed by atoms with E-state index in [0.29, 0.717) is 35.1 Å². The van der Waals surface area contributed by atoms with Gasteiger partial charge in [0.05, 0.1) is 12.7 Å². The first kappa shape index (κ1) is 21.8. The van der Waals surface area contributed by atoms with E-state index in [1.54, 1.807) is 31.2 Å². The van der Waals surface area contributed by atoms with Gasteiger partial charge in [0.2, 0.25) is 0 Å². The fraction of sp³-hybridized carbons (Fsp3) is 0.304. The Kier molecular flexibility index (Phi) is 7.41. The van der Waals surface area contributed by atoms with Crippen molar-refractivity contribution >= 4 is 29.3 Å². The number of hydrogen-bond acceptors (Lipinski definition) is 5. The monoisotopic (exact) mass is 426 g/mol. The number of nitrogens with one attached hydrogen (secondary N) is 2. The summed E-state index contributed by atoms with van der Waals surface area (Å²) in [5.74, 6) is 1.74. The Morgan fingerprint density at radius 2 is 1.90 bits per heavy atom. The third kappa shape index (κ3) is 6.03. The molecule has 1 aliphatic heterocycles. The van der Waals surface area contributed by atoms with E-state index in [0.717, 1.165) is 17.1 Å². The molecule has 7 heteroatoms. The van der Waals surface area contributed by atoms with Gasteiger partial charge in [0.1, 0.15) is 16.4 Å². The smallest absolute Gasteiger partial charge is 0.265 e. The molecule has 2 N–H and O–H groups in total. The van der Waals surface area contributed by atoms with Crippen molar-refractivity contribution in [3.05, 3.63) is 70.3 Å². The highest BCUT2D eigenvalue weighted by molar-refractivity contribution is 8.04. The first-order valence-corrected chi connectivity index (χ1v) is 10.8. The minimum absolute atomic E-state index is 0.118. The molecule has 0 aliphatic carbocycles. The second-order valence-corrected chi connectivity index (χ2v) is 8.22. The van der Waals surface area contributed by atoms with Crippen LogP contribution in [0.2, 0.25) is 0 Å². The fourth-order valence-electron chi connectivity index (χ4n) is 2.90. The van der Waals surface area contributed by atoms with Crippen molar-refractivity contribution in [1.82, 2.24) is 5.32 Å². The molecule has 0 saturated heterocycles. The molecule has 0 radical (unpaired) electrons. The van der Waals surface area contributed by atoms with Crippen molar-refractivity contribution in [1.29, 1.82) is 0 Å². The maximum Gasteiger partial charge on any atom is 0.265 e. The SMILES string of the molecule is CC1=C(C(=O)Nc2cccc(C(=O)NCc3ccc(OC(C)C)cc3)c2)SCCO1. The Hall–Kier alpha value is -2.93. The van der Waals surface area contributed by atoms with Gasteiger partial charge in [0.25, 0.3) is 11.8 Å². The van der Waals surface area contributed by atoms with Crippen molar-refractivity contribution in [2.45, 2.75) is 33.4 Å². The molecule has 2 aromatic rings. The van der Waals surface area contributed by atoms with E-state index in [-0.39, 0.29) is 17.9 Å². The number of carbonyl (C=O) groups is 2. The zero-order valence-corrected chi connectivity index (χ0v) is 18.2. The third-order valence-corrected chi connectivity index (χ3v) is 5.44. The minimum Gasteiger partial charge on any atom is -0.496 e. The molecule has 0 unspecified atom stereocenters. The summed E-state index contributed by atoms with van der Waals surface area (Å²) in [5.41, 5.74) is 2.01. The highest BCUT2D eigenvalue weighted by atomic mass is 32.2. The first-order valence-electron chi connectivity index (χ1n) is 9.84. The summed E-state index contributed by atoms with van der Waals surface area (Å²) in [6, 6.07) is 14.5. The molecule has 0 aromatic heterocycles. The van der Waals surface area contributed by atoms with Crippen molar-refractivity contribution in [2.24, 2.45) is 0 Å². The van der Waals surface area contributed by atoms with Gasteiger partial charge in [-0.2, -0.15) is 0 Å². The summed E-state index contributed by atoms with van der Waals surface area (Å²) < 4.78 is 11.1. The number of thioether (sulfide) groups is 1. The van der Waals surface area contributed by atoms with Crippen molar-refractivity contribution < 1.29 is 19.1 Å². The normalized spacial score (nSPS) is 13.6. The van der Waals surface area contributed by atoms with Gasteiger partial charge in [0, 0.05) is 23.5 Å². The van der Waals surface area contributed by atoms with Crippen LogP contribution in [0.25, 0.3) is 0 Å². The van der Waals surface area contributed by atoms with E-state index in [2.05, 4.69) is 10.6 Å². The lowest BCUT2D eigenvalue weighted by atomic mass is 10.1. The average Bonchev–Trinajstić information content (AvgIpc) is 2.73. The van der Waals surface area contributed by atoms with Crippen LogP contribution in [0.1, 0.15) is 36.7 Å². The Balaban J connectivity index is 1.58. The molecular formula is C23H26N2O4S. The van der Waals surface area contributed by atoms with E-state index < -0.39 is 0 Å². The summed E-state index contributed by atoms with van der Waals surface area (Å²) >= 11 is 1.47. The summed E-state index contributed by atoms with van der Waals surface area (Å²) in [4.78, 5) is 25.6. The van der Waals surface area contributed by atoms with Crippen LogP contribution in [0, 0.1) is 0 Å². The molecule has 2 aromatic carbocycles. The van der Waals surface area contributed by atoms with Gasteiger partial charge in [-0.25, -0.2) is 0 Å². The van der Waals surface area contributed by atoms with Crippen molar-refractivity contribution in [2.75, 3.05) is 17.7 Å². The average molecular weight is 427 g/mol. The molecule has 2 amide bonds. The molecule has 0 spiro atoms. The summed E-state index contributed by atoms with van der Waals surface area (Å²) in [7, 11) is 0. The second kappa shape index (κ2) is 10.2. The quantitative estimate of drug-likeness (QED) is 0.689. The van der Waals surface area contributed by atoms with Gasteiger partial charge in [-0.05, 0) is 56.7 Å². The lowest BCUT2D eigenvalue weighted by molar-refractivity contribution is -0.112. The van der Waals surface area contributed by atoms with Gasteiger partial charge >= 0.3 is 0 Å². The van der Waals surface area contributed by atoms with Crippen molar-refractivity contribution in [3.63, 3.8) is 0 Å². The molecular weight excluding hydrogens is 400 g/mol. The van der Waals surface area contributed by atoms with Crippen LogP contribution in [-0.2, 0) is 16.1 Å². The summed E-state index contributed by atoms with van der Waals surface area (Å²) in [6.45, 7) is 6.75. The Labute approximate surface area is 181 Å². The van der Waals surface area contributed by atoms with Crippen LogP contribution in [0.3, 0.4) is 0 Å². The Morgan fingerprint density at radius 3 is 2.60 bits per heavy atom. The van der Waals surface area contributed by atoms with Gasteiger partial charge in [-0.3, -0.25) is 9.59 Å². The number of allylic oxidation sites excluding steroid dienone is 1. The predicted molar refractivity (Wildman–Crippen MR) is 120 cm³/mol. The van der Waals surface area contributed by atoms with Crippen LogP contribution in [0.4, 0.5) is 5.69 Å². The van der Waals surface area contributed by atoms with Crippen LogP contribution in [-0.4, -0.2) is 30.3 Å². The second-order valence-electron chi connectivity index (χ2n) is 7.11. The zero-order valence-electron chi connectivity index (χ0n) is 17.4. The number of carbonyl (C=O) groups excluding carboxylic acids is 2. The number of anilines is 1. The lowest BCUT2D eigenvalue weighted by Crippen LogP contribution is -2.23. The third-order valence-electron chi connectivity index (χ3n) is 4.31. The molecule has 0 saturated carbocycles. The van der Waals surface area contributed by atoms with Crippen LogP contribution < -0.4 is 15.4 Å². The van der Waals surface area contributed by atoms with Crippen LogP contribution in [0.5, 0.6) is 5.75 Å². The van der Waals surface area contributed by atoms with Gasteiger partial charge in [0.15, 0.2) is 0 Å². The Bertz CT molecular complexity index is 938. The minimum atomic E-state index is -0.224. The van der Waals surface area contributed by atoms with Gasteiger partial charge in [-0.15, -0.1) is 11.8 Å². The van der Waals surface area contributed by atoms with E-state index in [4.69, 9.17) is 9.47 Å². The summed E-state index contributed by atoms with van der Waals surface area (Å²) in [5, 5.41) is 5.74. The van der Waals surface area contributed by atoms with Crippen LogP contribution in [0.15, 0.2) is 59.2 Å². The molecule has 158 valence electrons. The Morgan fingerprint density at radius 1 is 1.13 bits per heavy atom. The number of amides is 2.